The van der Waals surface area contributed by atoms with Gasteiger partial charge < -0.3 is 24.8 Å². The first kappa shape index (κ1) is 19.1. The molecule has 0 spiro atoms. The molecule has 0 heterocycles. The van der Waals surface area contributed by atoms with Gasteiger partial charge in [-0.2, -0.15) is 0 Å². The van der Waals surface area contributed by atoms with E-state index in [9.17, 15) is 4.79 Å². The fourth-order valence-corrected chi connectivity index (χ4v) is 1.81. The van der Waals surface area contributed by atoms with E-state index >= 15 is 0 Å². The third-order valence-electron chi connectivity index (χ3n) is 3.00. The predicted octanol–water partition coefficient (Wildman–Crippen LogP) is 2.93. The first-order chi connectivity index (χ1) is 11.3. The number of unbranched alkanes of at least 4 members (excludes halogenated alkanes) is 1. The Bertz CT molecular complexity index is 440. The SMILES string of the molecule is CCCCOCCCNC(=O)NCOc1ccccc1OCC. The minimum atomic E-state index is -0.257. The van der Waals surface area contributed by atoms with E-state index in [1.165, 1.54) is 0 Å². The van der Waals surface area contributed by atoms with Crippen molar-refractivity contribution in [2.24, 2.45) is 0 Å². The molecule has 130 valence electrons. The van der Waals surface area contributed by atoms with E-state index in [1.807, 2.05) is 25.1 Å². The highest BCUT2D eigenvalue weighted by Crippen LogP contribution is 2.25. The van der Waals surface area contributed by atoms with E-state index in [0.717, 1.165) is 25.9 Å². The highest BCUT2D eigenvalue weighted by Gasteiger charge is 2.04. The van der Waals surface area contributed by atoms with Gasteiger partial charge in [0.15, 0.2) is 18.2 Å². The van der Waals surface area contributed by atoms with Crippen LogP contribution in [0, 0.1) is 0 Å². The van der Waals surface area contributed by atoms with Crippen LogP contribution in [0.15, 0.2) is 24.3 Å². The van der Waals surface area contributed by atoms with Crippen LogP contribution in [0.5, 0.6) is 11.5 Å². The van der Waals surface area contributed by atoms with Crippen molar-refractivity contribution in [2.45, 2.75) is 33.1 Å². The molecule has 2 N–H and O–H groups in total. The number of rotatable bonds is 12. The third kappa shape index (κ3) is 8.93. The first-order valence-electron chi connectivity index (χ1n) is 8.22. The van der Waals surface area contributed by atoms with Gasteiger partial charge in [0.2, 0.25) is 0 Å². The number of carbonyl (C=O) groups is 1. The zero-order chi connectivity index (χ0) is 16.8. The molecule has 0 radical (unpaired) electrons. The average molecular weight is 324 g/mol. The van der Waals surface area contributed by atoms with Gasteiger partial charge in [-0.15, -0.1) is 0 Å². The molecule has 1 rings (SSSR count). The lowest BCUT2D eigenvalue weighted by Crippen LogP contribution is -2.38. The maximum atomic E-state index is 11.6. The summed E-state index contributed by atoms with van der Waals surface area (Å²) < 4.78 is 16.4. The van der Waals surface area contributed by atoms with Gasteiger partial charge in [-0.05, 0) is 31.9 Å². The number of ether oxygens (including phenoxy) is 3. The lowest BCUT2D eigenvalue weighted by Gasteiger charge is -2.12. The lowest BCUT2D eigenvalue weighted by molar-refractivity contribution is 0.129. The van der Waals surface area contributed by atoms with Crippen molar-refractivity contribution in [2.75, 3.05) is 33.1 Å². The molecule has 0 atom stereocenters. The van der Waals surface area contributed by atoms with Crippen molar-refractivity contribution in [3.63, 3.8) is 0 Å². The standard InChI is InChI=1S/C17H28N2O4/c1-3-5-12-21-13-8-11-18-17(20)19-14-23-16-10-7-6-9-15(16)22-4-2/h6-7,9-10H,3-5,8,11-14H2,1-2H3,(H2,18,19,20). The second kappa shape index (κ2) is 12.6. The maximum Gasteiger partial charge on any atom is 0.317 e. The highest BCUT2D eigenvalue weighted by molar-refractivity contribution is 5.73. The number of urea groups is 1. The van der Waals surface area contributed by atoms with Crippen molar-refractivity contribution >= 4 is 6.03 Å². The summed E-state index contributed by atoms with van der Waals surface area (Å²) in [4.78, 5) is 11.6. The van der Waals surface area contributed by atoms with Gasteiger partial charge in [-0.1, -0.05) is 25.5 Å². The number of amides is 2. The van der Waals surface area contributed by atoms with E-state index in [2.05, 4.69) is 17.6 Å². The Kier molecular flexibility index (Phi) is 10.4. The van der Waals surface area contributed by atoms with E-state index in [1.54, 1.807) is 6.07 Å². The Balaban J connectivity index is 2.10. The van der Waals surface area contributed by atoms with Crippen molar-refractivity contribution in [3.8, 4) is 11.5 Å². The molecule has 0 saturated carbocycles. The molecule has 23 heavy (non-hydrogen) atoms. The van der Waals surface area contributed by atoms with E-state index in [-0.39, 0.29) is 12.8 Å². The molecule has 1 aromatic rings. The molecule has 0 aromatic heterocycles. The van der Waals surface area contributed by atoms with Crippen molar-refractivity contribution in [1.82, 2.24) is 10.6 Å². The summed E-state index contributed by atoms with van der Waals surface area (Å²) in [7, 11) is 0. The molecule has 6 heteroatoms. The number of hydrogen-bond acceptors (Lipinski definition) is 4. The van der Waals surface area contributed by atoms with Crippen LogP contribution in [0.2, 0.25) is 0 Å². The second-order valence-electron chi connectivity index (χ2n) is 4.92. The van der Waals surface area contributed by atoms with E-state index in [4.69, 9.17) is 14.2 Å². The summed E-state index contributed by atoms with van der Waals surface area (Å²) >= 11 is 0. The minimum Gasteiger partial charge on any atom is -0.490 e. The van der Waals surface area contributed by atoms with Crippen LogP contribution in [0.3, 0.4) is 0 Å². The summed E-state index contributed by atoms with van der Waals surface area (Å²) in [6.45, 7) is 6.72. The van der Waals surface area contributed by atoms with Gasteiger partial charge in [0.1, 0.15) is 0 Å². The van der Waals surface area contributed by atoms with Crippen LogP contribution in [0.4, 0.5) is 4.79 Å². The van der Waals surface area contributed by atoms with Gasteiger partial charge in [0, 0.05) is 19.8 Å². The molecule has 0 saturated heterocycles. The number of hydrogen-bond donors (Lipinski definition) is 2. The largest absolute Gasteiger partial charge is 0.490 e. The fraction of sp³-hybridized carbons (Fsp3) is 0.588. The van der Waals surface area contributed by atoms with Crippen molar-refractivity contribution < 1.29 is 19.0 Å². The van der Waals surface area contributed by atoms with Gasteiger partial charge in [0.25, 0.3) is 0 Å². The lowest BCUT2D eigenvalue weighted by atomic mass is 10.3. The second-order valence-corrected chi connectivity index (χ2v) is 4.92. The highest BCUT2D eigenvalue weighted by atomic mass is 16.5. The third-order valence-corrected chi connectivity index (χ3v) is 3.00. The Morgan fingerprint density at radius 2 is 1.70 bits per heavy atom. The van der Waals surface area contributed by atoms with Crippen LogP contribution >= 0.6 is 0 Å². The van der Waals surface area contributed by atoms with Crippen molar-refractivity contribution in [1.29, 1.82) is 0 Å². The summed E-state index contributed by atoms with van der Waals surface area (Å²) in [6, 6.07) is 7.11. The van der Waals surface area contributed by atoms with Crippen molar-refractivity contribution in [3.05, 3.63) is 24.3 Å². The zero-order valence-electron chi connectivity index (χ0n) is 14.1. The van der Waals surface area contributed by atoms with Gasteiger partial charge >= 0.3 is 6.03 Å². The molecule has 2 amide bonds. The number of nitrogens with one attached hydrogen (secondary N) is 2. The Morgan fingerprint density at radius 1 is 1.00 bits per heavy atom. The van der Waals surface area contributed by atoms with E-state index in [0.29, 0.717) is 31.3 Å². The number of carbonyl (C=O) groups excluding carboxylic acids is 1. The summed E-state index contributed by atoms with van der Waals surface area (Å²) in [5, 5.41) is 5.40. The Morgan fingerprint density at radius 3 is 2.39 bits per heavy atom. The molecular weight excluding hydrogens is 296 g/mol. The zero-order valence-corrected chi connectivity index (χ0v) is 14.1. The molecule has 0 aliphatic rings. The van der Waals surface area contributed by atoms with Gasteiger partial charge in [-0.25, -0.2) is 4.79 Å². The predicted molar refractivity (Wildman–Crippen MR) is 90.0 cm³/mol. The maximum absolute atomic E-state index is 11.6. The molecule has 0 aliphatic heterocycles. The van der Waals surface area contributed by atoms with Crippen LogP contribution in [-0.2, 0) is 4.74 Å². The minimum absolute atomic E-state index is 0.0862. The molecule has 0 bridgehead atoms. The molecule has 0 unspecified atom stereocenters. The quantitative estimate of drug-likeness (QED) is 0.458. The summed E-state index contributed by atoms with van der Waals surface area (Å²) in [5.74, 6) is 1.28. The molecule has 1 aromatic carbocycles. The molecule has 0 aliphatic carbocycles. The van der Waals surface area contributed by atoms with Gasteiger partial charge in [0.05, 0.1) is 6.61 Å². The molecule has 6 nitrogen and oxygen atoms in total. The van der Waals surface area contributed by atoms with Gasteiger partial charge in [-0.3, -0.25) is 0 Å². The average Bonchev–Trinajstić information content (AvgIpc) is 2.56. The molecular formula is C17H28N2O4. The summed E-state index contributed by atoms with van der Waals surface area (Å²) in [5.41, 5.74) is 0. The fourth-order valence-electron chi connectivity index (χ4n) is 1.81. The summed E-state index contributed by atoms with van der Waals surface area (Å²) in [6.07, 6.45) is 3.01. The van der Waals surface area contributed by atoms with Crippen LogP contribution in [0.1, 0.15) is 33.1 Å². The smallest absolute Gasteiger partial charge is 0.317 e. The molecule has 0 fully saturated rings. The first-order valence-corrected chi connectivity index (χ1v) is 8.22. The number of benzene rings is 1. The van der Waals surface area contributed by atoms with Crippen LogP contribution < -0.4 is 20.1 Å². The Hall–Kier alpha value is -1.95. The van der Waals surface area contributed by atoms with E-state index < -0.39 is 0 Å². The normalized spacial score (nSPS) is 10.2. The van der Waals surface area contributed by atoms with Crippen LogP contribution in [-0.4, -0.2) is 39.1 Å². The topological polar surface area (TPSA) is 68.8 Å². The number of para-hydroxylation sites is 2. The van der Waals surface area contributed by atoms with Crippen LogP contribution in [0.25, 0.3) is 0 Å². The monoisotopic (exact) mass is 324 g/mol. The Labute approximate surface area is 138 Å².